The minimum atomic E-state index is -0.123. The Labute approximate surface area is 138 Å². The first kappa shape index (κ1) is 15.1. The highest BCUT2D eigenvalue weighted by molar-refractivity contribution is 6.30. The Hall–Kier alpha value is -2.78. The Balaban J connectivity index is 2.10. The molecule has 1 aromatic carbocycles. The van der Waals surface area contributed by atoms with Crippen molar-refractivity contribution in [3.8, 4) is 11.8 Å². The zero-order chi connectivity index (χ0) is 16.6. The van der Waals surface area contributed by atoms with Crippen LogP contribution in [0.15, 0.2) is 24.3 Å². The van der Waals surface area contributed by atoms with Crippen LogP contribution in [0.1, 0.15) is 21.6 Å². The molecule has 0 unspecified atom stereocenters. The molecule has 0 aliphatic carbocycles. The van der Waals surface area contributed by atoms with Gasteiger partial charge in [-0.15, -0.1) is 0 Å². The molecule has 3 rings (SSSR count). The number of ether oxygens (including phenoxy) is 1. The van der Waals surface area contributed by atoms with E-state index >= 15 is 0 Å². The fourth-order valence-electron chi connectivity index (χ4n) is 2.59. The predicted octanol–water partition coefficient (Wildman–Crippen LogP) is 2.94. The van der Waals surface area contributed by atoms with Crippen LogP contribution in [0.4, 0.5) is 11.4 Å². The molecule has 0 radical (unpaired) electrons. The molecular formula is C16H13ClN4O2. The van der Waals surface area contributed by atoms with E-state index in [1.54, 1.807) is 36.2 Å². The number of halogens is 1. The second-order valence-electron chi connectivity index (χ2n) is 5.10. The summed E-state index contributed by atoms with van der Waals surface area (Å²) in [6.45, 7) is 0.415. The standard InChI is InChI=1S/C16H13ClN4O2/c1-21-8-12-14(16(21)22)11(6-13(17)20-12)19-10-5-3-4-9(7-18)15(10)23-2/h3-6H,8H2,1-2H3,(H,19,20). The van der Waals surface area contributed by atoms with E-state index in [0.717, 1.165) is 0 Å². The van der Waals surface area contributed by atoms with Gasteiger partial charge in [0.2, 0.25) is 0 Å². The van der Waals surface area contributed by atoms with Crippen LogP contribution >= 0.6 is 11.6 Å². The molecule has 1 amide bonds. The quantitative estimate of drug-likeness (QED) is 0.876. The number of fused-ring (bicyclic) bond motifs is 1. The van der Waals surface area contributed by atoms with Crippen molar-refractivity contribution in [3.05, 3.63) is 46.2 Å². The Kier molecular flexibility index (Phi) is 3.80. The van der Waals surface area contributed by atoms with E-state index in [4.69, 9.17) is 21.6 Å². The topological polar surface area (TPSA) is 78.2 Å². The number of nitrogens with one attached hydrogen (secondary N) is 1. The van der Waals surface area contributed by atoms with Crippen LogP contribution in [-0.2, 0) is 6.54 Å². The SMILES string of the molecule is COc1c(C#N)cccc1Nc1cc(Cl)nc2c1C(=O)N(C)C2. The molecule has 2 heterocycles. The number of methoxy groups -OCH3 is 1. The van der Waals surface area contributed by atoms with Gasteiger partial charge in [-0.25, -0.2) is 4.98 Å². The van der Waals surface area contributed by atoms with Crippen LogP contribution in [0.3, 0.4) is 0 Å². The van der Waals surface area contributed by atoms with Gasteiger partial charge >= 0.3 is 0 Å². The number of anilines is 2. The number of hydrogen-bond acceptors (Lipinski definition) is 5. The number of carbonyl (C=O) groups is 1. The minimum absolute atomic E-state index is 0.123. The summed E-state index contributed by atoms with van der Waals surface area (Å²) in [4.78, 5) is 18.1. The van der Waals surface area contributed by atoms with Crippen LogP contribution in [0.25, 0.3) is 0 Å². The first-order valence-electron chi connectivity index (χ1n) is 6.84. The van der Waals surface area contributed by atoms with Gasteiger partial charge in [0.15, 0.2) is 5.75 Å². The van der Waals surface area contributed by atoms with E-state index in [2.05, 4.69) is 16.4 Å². The van der Waals surface area contributed by atoms with Gasteiger partial charge < -0.3 is 15.0 Å². The molecule has 0 bridgehead atoms. The Morgan fingerprint density at radius 3 is 2.91 bits per heavy atom. The van der Waals surface area contributed by atoms with Gasteiger partial charge in [-0.3, -0.25) is 4.79 Å². The molecule has 0 atom stereocenters. The maximum atomic E-state index is 12.3. The Morgan fingerprint density at radius 1 is 1.43 bits per heavy atom. The fraction of sp³-hybridized carbons (Fsp3) is 0.188. The summed E-state index contributed by atoms with van der Waals surface area (Å²) >= 11 is 6.06. The Bertz CT molecular complexity index is 845. The average molecular weight is 329 g/mol. The van der Waals surface area contributed by atoms with Crippen LogP contribution in [0.5, 0.6) is 5.75 Å². The van der Waals surface area contributed by atoms with Crippen molar-refractivity contribution in [1.29, 1.82) is 5.26 Å². The molecule has 1 N–H and O–H groups in total. The van der Waals surface area contributed by atoms with Crippen molar-refractivity contribution >= 4 is 28.9 Å². The minimum Gasteiger partial charge on any atom is -0.493 e. The van der Waals surface area contributed by atoms with Crippen LogP contribution in [-0.4, -0.2) is 29.9 Å². The van der Waals surface area contributed by atoms with Crippen molar-refractivity contribution in [2.24, 2.45) is 0 Å². The van der Waals surface area contributed by atoms with Crippen LogP contribution in [0.2, 0.25) is 5.15 Å². The number of para-hydroxylation sites is 1. The van der Waals surface area contributed by atoms with Gasteiger partial charge in [-0.2, -0.15) is 5.26 Å². The molecule has 1 aliphatic heterocycles. The van der Waals surface area contributed by atoms with Gasteiger partial charge in [-0.05, 0) is 18.2 Å². The molecule has 0 saturated heterocycles. The van der Waals surface area contributed by atoms with Gasteiger partial charge in [0.05, 0.1) is 41.9 Å². The number of hydrogen-bond donors (Lipinski definition) is 1. The van der Waals surface area contributed by atoms with Crippen molar-refractivity contribution in [2.45, 2.75) is 6.54 Å². The lowest BCUT2D eigenvalue weighted by atomic mass is 10.1. The maximum absolute atomic E-state index is 12.3. The number of aromatic nitrogens is 1. The summed E-state index contributed by atoms with van der Waals surface area (Å²) in [5.41, 5.74) is 2.64. The van der Waals surface area contributed by atoms with Crippen molar-refractivity contribution < 1.29 is 9.53 Å². The monoisotopic (exact) mass is 328 g/mol. The summed E-state index contributed by atoms with van der Waals surface area (Å²) < 4.78 is 5.31. The molecule has 0 spiro atoms. The summed E-state index contributed by atoms with van der Waals surface area (Å²) in [6.07, 6.45) is 0. The van der Waals surface area contributed by atoms with E-state index in [0.29, 0.717) is 45.6 Å². The average Bonchev–Trinajstić information content (AvgIpc) is 2.81. The first-order valence-corrected chi connectivity index (χ1v) is 7.22. The van der Waals surface area contributed by atoms with Crippen molar-refractivity contribution in [2.75, 3.05) is 19.5 Å². The number of amides is 1. The zero-order valence-electron chi connectivity index (χ0n) is 12.6. The van der Waals surface area contributed by atoms with Gasteiger partial charge in [0, 0.05) is 7.05 Å². The van der Waals surface area contributed by atoms with Crippen LogP contribution in [0, 0.1) is 11.3 Å². The van der Waals surface area contributed by atoms with Gasteiger partial charge in [0.25, 0.3) is 5.91 Å². The lowest BCUT2D eigenvalue weighted by Crippen LogP contribution is -2.18. The largest absolute Gasteiger partial charge is 0.493 e. The molecule has 2 aromatic rings. The first-order chi connectivity index (χ1) is 11.0. The van der Waals surface area contributed by atoms with Gasteiger partial charge in [0.1, 0.15) is 11.2 Å². The van der Waals surface area contributed by atoms with E-state index in [1.807, 2.05) is 0 Å². The lowest BCUT2D eigenvalue weighted by Gasteiger charge is -2.14. The van der Waals surface area contributed by atoms with Gasteiger partial charge in [-0.1, -0.05) is 17.7 Å². The predicted molar refractivity (Wildman–Crippen MR) is 86.0 cm³/mol. The van der Waals surface area contributed by atoms with Crippen molar-refractivity contribution in [1.82, 2.24) is 9.88 Å². The number of rotatable bonds is 3. The summed E-state index contributed by atoms with van der Waals surface area (Å²) in [7, 11) is 3.20. The van der Waals surface area contributed by atoms with E-state index in [9.17, 15) is 4.79 Å². The molecule has 6 nitrogen and oxygen atoms in total. The summed E-state index contributed by atoms with van der Waals surface area (Å²) in [5.74, 6) is 0.289. The summed E-state index contributed by atoms with van der Waals surface area (Å²) in [5, 5.41) is 12.6. The molecule has 23 heavy (non-hydrogen) atoms. The van der Waals surface area contributed by atoms with E-state index < -0.39 is 0 Å². The van der Waals surface area contributed by atoms with Crippen LogP contribution < -0.4 is 10.1 Å². The number of benzene rings is 1. The number of pyridine rings is 1. The second-order valence-corrected chi connectivity index (χ2v) is 5.49. The third kappa shape index (κ3) is 2.56. The highest BCUT2D eigenvalue weighted by Gasteiger charge is 2.30. The molecule has 1 aliphatic rings. The zero-order valence-corrected chi connectivity index (χ0v) is 13.3. The lowest BCUT2D eigenvalue weighted by molar-refractivity contribution is 0.0817. The second kappa shape index (κ2) is 5.78. The molecule has 7 heteroatoms. The normalized spacial score (nSPS) is 12.8. The smallest absolute Gasteiger partial charge is 0.257 e. The molecule has 0 saturated carbocycles. The third-order valence-corrected chi connectivity index (χ3v) is 3.81. The van der Waals surface area contributed by atoms with Crippen molar-refractivity contribution in [3.63, 3.8) is 0 Å². The van der Waals surface area contributed by atoms with E-state index in [1.165, 1.54) is 7.11 Å². The highest BCUT2D eigenvalue weighted by Crippen LogP contribution is 2.35. The number of carbonyl (C=O) groups excluding carboxylic acids is 1. The number of nitrogens with zero attached hydrogens (tertiary/aromatic N) is 3. The maximum Gasteiger partial charge on any atom is 0.257 e. The molecule has 1 aromatic heterocycles. The fourth-order valence-corrected chi connectivity index (χ4v) is 2.80. The molecular weight excluding hydrogens is 316 g/mol. The molecule has 116 valence electrons. The number of nitriles is 1. The molecule has 0 fully saturated rings. The Morgan fingerprint density at radius 2 is 2.22 bits per heavy atom. The van der Waals surface area contributed by atoms with E-state index in [-0.39, 0.29) is 5.91 Å². The summed E-state index contributed by atoms with van der Waals surface area (Å²) in [6, 6.07) is 8.83. The third-order valence-electron chi connectivity index (χ3n) is 3.62. The highest BCUT2D eigenvalue weighted by atomic mass is 35.5.